The summed E-state index contributed by atoms with van der Waals surface area (Å²) >= 11 is 0. The normalized spacial score (nSPS) is 13.7. The standard InChI is InChI=1S/C27H30N6O3/c1-5-36-26-23(33-8-10-35-11-9-33)13-19(15-31-26)22-12-20(16-30-18(22)2)25(34)32-21-6-7-29-24(14-21)27(3,4)17-28/h6-7,12-16H,5,8-11H2,1-4H3,(H,29,32,34). The molecule has 0 bridgehead atoms. The lowest BCUT2D eigenvalue weighted by atomic mass is 9.90. The van der Waals surface area contributed by atoms with Crippen LogP contribution in [0.5, 0.6) is 5.88 Å². The third-order valence-electron chi connectivity index (χ3n) is 6.06. The van der Waals surface area contributed by atoms with Crippen molar-refractivity contribution < 1.29 is 14.3 Å². The molecule has 3 aromatic heterocycles. The molecule has 4 heterocycles. The molecule has 0 unspecified atom stereocenters. The summed E-state index contributed by atoms with van der Waals surface area (Å²) in [7, 11) is 0. The lowest BCUT2D eigenvalue weighted by Gasteiger charge is -2.30. The number of carbonyl (C=O) groups excluding carboxylic acids is 1. The van der Waals surface area contributed by atoms with Crippen molar-refractivity contribution in [2.24, 2.45) is 0 Å². The first-order valence-corrected chi connectivity index (χ1v) is 11.9. The molecule has 9 heteroatoms. The number of hydrogen-bond donors (Lipinski definition) is 1. The summed E-state index contributed by atoms with van der Waals surface area (Å²) in [4.78, 5) is 28.6. The van der Waals surface area contributed by atoms with E-state index in [-0.39, 0.29) is 5.91 Å². The zero-order valence-corrected chi connectivity index (χ0v) is 21.0. The van der Waals surface area contributed by atoms with Crippen LogP contribution >= 0.6 is 0 Å². The molecular weight excluding hydrogens is 456 g/mol. The van der Waals surface area contributed by atoms with Crippen molar-refractivity contribution in [3.63, 3.8) is 0 Å². The van der Waals surface area contributed by atoms with Crippen LogP contribution in [0, 0.1) is 18.3 Å². The summed E-state index contributed by atoms with van der Waals surface area (Å²) in [6, 6.07) is 9.50. The van der Waals surface area contributed by atoms with Crippen molar-refractivity contribution in [1.82, 2.24) is 15.0 Å². The molecule has 4 rings (SSSR count). The molecule has 1 aliphatic heterocycles. The highest BCUT2D eigenvalue weighted by molar-refractivity contribution is 6.04. The van der Waals surface area contributed by atoms with Crippen LogP contribution in [0.15, 0.2) is 42.9 Å². The minimum atomic E-state index is -0.766. The summed E-state index contributed by atoms with van der Waals surface area (Å²) in [6.07, 6.45) is 4.89. The van der Waals surface area contributed by atoms with Gasteiger partial charge < -0.3 is 19.7 Å². The number of aryl methyl sites for hydroxylation is 1. The van der Waals surface area contributed by atoms with Crippen molar-refractivity contribution in [2.45, 2.75) is 33.1 Å². The van der Waals surface area contributed by atoms with Crippen molar-refractivity contribution in [1.29, 1.82) is 5.26 Å². The molecule has 1 N–H and O–H groups in total. The second-order valence-corrected chi connectivity index (χ2v) is 9.06. The summed E-state index contributed by atoms with van der Waals surface area (Å²) in [5.74, 6) is 0.277. The first kappa shape index (κ1) is 25.1. The van der Waals surface area contributed by atoms with Crippen LogP contribution in [0.25, 0.3) is 11.1 Å². The van der Waals surface area contributed by atoms with Crippen molar-refractivity contribution in [3.8, 4) is 23.1 Å². The SMILES string of the molecule is CCOc1ncc(-c2cc(C(=O)Nc3ccnc(C(C)(C)C#N)c3)cnc2C)cc1N1CCOCC1. The molecule has 0 aromatic carbocycles. The fourth-order valence-electron chi connectivity index (χ4n) is 3.93. The summed E-state index contributed by atoms with van der Waals surface area (Å²) < 4.78 is 11.3. The topological polar surface area (TPSA) is 113 Å². The van der Waals surface area contributed by atoms with Gasteiger partial charge in [0.05, 0.1) is 42.6 Å². The Balaban J connectivity index is 1.63. The number of hydrogen-bond acceptors (Lipinski definition) is 8. The van der Waals surface area contributed by atoms with E-state index in [0.29, 0.717) is 42.6 Å². The largest absolute Gasteiger partial charge is 0.476 e. The number of ether oxygens (including phenoxy) is 2. The summed E-state index contributed by atoms with van der Waals surface area (Å²) in [5, 5.41) is 12.3. The Morgan fingerprint density at radius 3 is 2.69 bits per heavy atom. The first-order valence-electron chi connectivity index (χ1n) is 11.9. The van der Waals surface area contributed by atoms with Gasteiger partial charge in [-0.25, -0.2) is 4.98 Å². The van der Waals surface area contributed by atoms with Gasteiger partial charge in [0.1, 0.15) is 5.69 Å². The Kier molecular flexibility index (Phi) is 7.46. The number of nitrogens with zero attached hydrogens (tertiary/aromatic N) is 5. The van der Waals surface area contributed by atoms with E-state index in [1.807, 2.05) is 26.0 Å². The Hall–Kier alpha value is -4.03. The number of amides is 1. The third kappa shape index (κ3) is 5.44. The quantitative estimate of drug-likeness (QED) is 0.530. The molecule has 186 valence electrons. The van der Waals surface area contributed by atoms with Crippen LogP contribution in [0.1, 0.15) is 42.5 Å². The molecule has 36 heavy (non-hydrogen) atoms. The number of aromatic nitrogens is 3. The molecule has 0 radical (unpaired) electrons. The number of morpholine rings is 1. The first-order chi connectivity index (χ1) is 17.3. The molecular formula is C27H30N6O3. The van der Waals surface area contributed by atoms with Crippen molar-refractivity contribution in [2.75, 3.05) is 43.1 Å². The van der Waals surface area contributed by atoms with Gasteiger partial charge in [-0.2, -0.15) is 5.26 Å². The van der Waals surface area contributed by atoms with Gasteiger partial charge in [-0.3, -0.25) is 14.8 Å². The number of carbonyl (C=O) groups is 1. The predicted octanol–water partition coefficient (Wildman–Crippen LogP) is 4.14. The van der Waals surface area contributed by atoms with Gasteiger partial charge in [0.25, 0.3) is 5.91 Å². The van der Waals surface area contributed by atoms with Gasteiger partial charge in [0.15, 0.2) is 0 Å². The van der Waals surface area contributed by atoms with Crippen molar-refractivity contribution in [3.05, 3.63) is 59.8 Å². The maximum absolute atomic E-state index is 13.1. The van der Waals surface area contributed by atoms with E-state index < -0.39 is 5.41 Å². The van der Waals surface area contributed by atoms with Gasteiger partial charge in [-0.05, 0) is 52.0 Å². The van der Waals surface area contributed by atoms with Gasteiger partial charge in [0, 0.05) is 54.2 Å². The smallest absolute Gasteiger partial charge is 0.257 e. The fraction of sp³-hybridized carbons (Fsp3) is 0.370. The highest BCUT2D eigenvalue weighted by atomic mass is 16.5. The van der Waals surface area contributed by atoms with Gasteiger partial charge in [0.2, 0.25) is 5.88 Å². The van der Waals surface area contributed by atoms with Crippen LogP contribution in [-0.4, -0.2) is 53.8 Å². The summed E-state index contributed by atoms with van der Waals surface area (Å²) in [5.41, 5.74) is 4.14. The molecule has 3 aromatic rings. The minimum absolute atomic E-state index is 0.303. The third-order valence-corrected chi connectivity index (χ3v) is 6.06. The van der Waals surface area contributed by atoms with Gasteiger partial charge >= 0.3 is 0 Å². The number of anilines is 2. The van der Waals surface area contributed by atoms with Crippen LogP contribution in [-0.2, 0) is 10.2 Å². The van der Waals surface area contributed by atoms with E-state index in [9.17, 15) is 10.1 Å². The maximum atomic E-state index is 13.1. The van der Waals surface area contributed by atoms with E-state index >= 15 is 0 Å². The number of pyridine rings is 3. The van der Waals surface area contributed by atoms with Crippen LogP contribution < -0.4 is 15.0 Å². The van der Waals surface area contributed by atoms with E-state index in [0.717, 1.165) is 35.6 Å². The molecule has 9 nitrogen and oxygen atoms in total. The van der Waals surface area contributed by atoms with Gasteiger partial charge in [-0.1, -0.05) is 0 Å². The second kappa shape index (κ2) is 10.7. The molecule has 0 saturated carbocycles. The zero-order valence-electron chi connectivity index (χ0n) is 21.0. The number of nitrogens with one attached hydrogen (secondary N) is 1. The second-order valence-electron chi connectivity index (χ2n) is 9.06. The monoisotopic (exact) mass is 486 g/mol. The summed E-state index contributed by atoms with van der Waals surface area (Å²) in [6.45, 7) is 10.7. The van der Waals surface area contributed by atoms with Crippen LogP contribution in [0.3, 0.4) is 0 Å². The van der Waals surface area contributed by atoms with E-state index in [1.54, 1.807) is 44.6 Å². The molecule has 1 fully saturated rings. The van der Waals surface area contributed by atoms with E-state index in [1.165, 1.54) is 0 Å². The number of nitriles is 1. The maximum Gasteiger partial charge on any atom is 0.257 e. The molecule has 0 spiro atoms. The molecule has 1 saturated heterocycles. The lowest BCUT2D eigenvalue weighted by molar-refractivity contribution is 0.102. The zero-order chi connectivity index (χ0) is 25.7. The van der Waals surface area contributed by atoms with Crippen LogP contribution in [0.4, 0.5) is 11.4 Å². The molecule has 0 aliphatic carbocycles. The Morgan fingerprint density at radius 2 is 1.97 bits per heavy atom. The predicted molar refractivity (Wildman–Crippen MR) is 137 cm³/mol. The average Bonchev–Trinajstić information content (AvgIpc) is 2.90. The molecule has 1 aliphatic rings. The Morgan fingerprint density at radius 1 is 1.19 bits per heavy atom. The number of rotatable bonds is 7. The molecule has 0 atom stereocenters. The van der Waals surface area contributed by atoms with Crippen LogP contribution in [0.2, 0.25) is 0 Å². The lowest BCUT2D eigenvalue weighted by Crippen LogP contribution is -2.36. The van der Waals surface area contributed by atoms with Gasteiger partial charge in [-0.15, -0.1) is 0 Å². The Labute approximate surface area is 211 Å². The minimum Gasteiger partial charge on any atom is -0.476 e. The van der Waals surface area contributed by atoms with Crippen molar-refractivity contribution >= 4 is 17.3 Å². The highest BCUT2D eigenvalue weighted by Gasteiger charge is 2.22. The fourth-order valence-corrected chi connectivity index (χ4v) is 3.93. The van der Waals surface area contributed by atoms with E-state index in [2.05, 4.69) is 31.2 Å². The average molecular weight is 487 g/mol. The Bertz CT molecular complexity index is 1290. The molecule has 1 amide bonds. The highest BCUT2D eigenvalue weighted by Crippen LogP contribution is 2.33. The van der Waals surface area contributed by atoms with E-state index in [4.69, 9.17) is 9.47 Å².